The quantitative estimate of drug-likeness (QED) is 0.636. The Balaban J connectivity index is 1.77. The number of aldehydes is 1. The van der Waals surface area contributed by atoms with E-state index in [0.29, 0.717) is 12.0 Å². The first-order chi connectivity index (χ1) is 8.14. The Bertz CT molecular complexity index is 442. The Morgan fingerprint density at radius 3 is 2.65 bits per heavy atom. The average Bonchev–Trinajstić information content (AvgIpc) is 2.92. The van der Waals surface area contributed by atoms with Gasteiger partial charge in [0, 0.05) is 18.2 Å². The molecular weight excluding hydrogens is 214 g/mol. The summed E-state index contributed by atoms with van der Waals surface area (Å²) in [5.74, 6) is 0.409. The summed E-state index contributed by atoms with van der Waals surface area (Å²) in [7, 11) is 0. The van der Waals surface area contributed by atoms with Crippen molar-refractivity contribution >= 4 is 6.29 Å². The smallest absolute Gasteiger partial charge is 0.150 e. The molecule has 0 aliphatic carbocycles. The number of carbonyl (C=O) groups is 1. The first-order valence-corrected chi connectivity index (χ1v) is 6.18. The largest absolute Gasteiger partial charge is 0.374 e. The van der Waals surface area contributed by atoms with Crippen molar-refractivity contribution in [3.8, 4) is 0 Å². The van der Waals surface area contributed by atoms with Crippen LogP contribution in [0, 0.1) is 0 Å². The van der Waals surface area contributed by atoms with Crippen LogP contribution in [0.2, 0.25) is 0 Å². The molecule has 2 aliphatic rings. The molecule has 90 valence electrons. The van der Waals surface area contributed by atoms with E-state index >= 15 is 0 Å². The molecule has 2 heterocycles. The van der Waals surface area contributed by atoms with Gasteiger partial charge in [0.2, 0.25) is 0 Å². The zero-order valence-corrected chi connectivity index (χ0v) is 9.97. The van der Waals surface area contributed by atoms with Gasteiger partial charge in [0.1, 0.15) is 12.0 Å². The number of rotatable bonds is 3. The first kappa shape index (κ1) is 10.9. The van der Waals surface area contributed by atoms with Crippen LogP contribution < -0.4 is 0 Å². The summed E-state index contributed by atoms with van der Waals surface area (Å²) >= 11 is 0. The van der Waals surface area contributed by atoms with E-state index in [1.54, 1.807) is 0 Å². The second-order valence-electron chi connectivity index (χ2n) is 5.29. The Morgan fingerprint density at radius 2 is 2.18 bits per heavy atom. The van der Waals surface area contributed by atoms with Gasteiger partial charge in [0.15, 0.2) is 0 Å². The molecule has 0 aromatic heterocycles. The number of piperidine rings is 1. The second kappa shape index (κ2) is 3.65. The second-order valence-corrected chi connectivity index (χ2v) is 5.29. The predicted octanol–water partition coefficient (Wildman–Crippen LogP) is 1.77. The minimum absolute atomic E-state index is 0.409. The van der Waals surface area contributed by atoms with E-state index in [2.05, 4.69) is 11.8 Å². The third-order valence-corrected chi connectivity index (χ3v) is 4.27. The maximum Gasteiger partial charge on any atom is 0.150 e. The number of carbonyl (C=O) groups excluding carboxylic acids is 1. The fourth-order valence-corrected chi connectivity index (χ4v) is 3.04. The SMILES string of the molecule is CC(c1ccc(C=O)cc1)C1CCC2(O)CN12. The van der Waals surface area contributed by atoms with Gasteiger partial charge in [-0.3, -0.25) is 9.69 Å². The van der Waals surface area contributed by atoms with E-state index in [4.69, 9.17) is 0 Å². The molecule has 3 heteroatoms. The highest BCUT2D eigenvalue weighted by Crippen LogP contribution is 2.48. The van der Waals surface area contributed by atoms with Gasteiger partial charge in [-0.2, -0.15) is 0 Å². The van der Waals surface area contributed by atoms with Crippen LogP contribution in [0.25, 0.3) is 0 Å². The average molecular weight is 231 g/mol. The van der Waals surface area contributed by atoms with Gasteiger partial charge in [0.05, 0.1) is 0 Å². The molecule has 3 nitrogen and oxygen atoms in total. The fraction of sp³-hybridized carbons (Fsp3) is 0.500. The normalized spacial score (nSPS) is 36.4. The summed E-state index contributed by atoms with van der Waals surface area (Å²) in [5.41, 5.74) is 1.48. The molecule has 0 spiro atoms. The number of benzene rings is 1. The molecule has 4 unspecified atom stereocenters. The fourth-order valence-electron chi connectivity index (χ4n) is 3.04. The molecule has 0 saturated carbocycles. The van der Waals surface area contributed by atoms with Crippen molar-refractivity contribution in [2.24, 2.45) is 0 Å². The Morgan fingerprint density at radius 1 is 1.47 bits per heavy atom. The number of fused-ring (bicyclic) bond motifs is 1. The van der Waals surface area contributed by atoms with Crippen molar-refractivity contribution < 1.29 is 9.90 Å². The lowest BCUT2D eigenvalue weighted by molar-refractivity contribution is 0.103. The summed E-state index contributed by atoms with van der Waals surface area (Å²) in [5, 5.41) is 10.00. The van der Waals surface area contributed by atoms with E-state index < -0.39 is 5.72 Å². The lowest BCUT2D eigenvalue weighted by Gasteiger charge is -2.22. The monoisotopic (exact) mass is 231 g/mol. The predicted molar refractivity (Wildman–Crippen MR) is 64.9 cm³/mol. The van der Waals surface area contributed by atoms with Gasteiger partial charge in [-0.25, -0.2) is 0 Å². The number of nitrogens with zero attached hydrogens (tertiary/aromatic N) is 1. The molecule has 2 fully saturated rings. The van der Waals surface area contributed by atoms with Crippen LogP contribution in [0.4, 0.5) is 0 Å². The topological polar surface area (TPSA) is 40.3 Å². The van der Waals surface area contributed by atoms with Crippen molar-refractivity contribution in [2.75, 3.05) is 6.54 Å². The molecular formula is C14H17NO2. The van der Waals surface area contributed by atoms with Crippen LogP contribution in [-0.4, -0.2) is 34.6 Å². The van der Waals surface area contributed by atoms with Gasteiger partial charge in [-0.1, -0.05) is 31.2 Å². The van der Waals surface area contributed by atoms with Crippen molar-refractivity contribution in [2.45, 2.75) is 37.5 Å². The minimum Gasteiger partial charge on any atom is -0.374 e. The summed E-state index contributed by atoms with van der Waals surface area (Å²) in [6.45, 7) is 3.03. The third-order valence-electron chi connectivity index (χ3n) is 4.27. The molecule has 1 aromatic carbocycles. The van der Waals surface area contributed by atoms with E-state index in [-0.39, 0.29) is 0 Å². The molecule has 1 aromatic rings. The summed E-state index contributed by atoms with van der Waals surface area (Å²) in [6, 6.07) is 8.22. The zero-order valence-electron chi connectivity index (χ0n) is 9.97. The Hall–Kier alpha value is -1.19. The van der Waals surface area contributed by atoms with Gasteiger partial charge < -0.3 is 5.11 Å². The van der Waals surface area contributed by atoms with E-state index in [0.717, 1.165) is 31.2 Å². The van der Waals surface area contributed by atoms with E-state index in [9.17, 15) is 9.90 Å². The molecule has 17 heavy (non-hydrogen) atoms. The van der Waals surface area contributed by atoms with Crippen molar-refractivity contribution in [1.82, 2.24) is 4.90 Å². The Labute approximate surface area is 101 Å². The number of aliphatic hydroxyl groups is 1. The van der Waals surface area contributed by atoms with Crippen molar-refractivity contribution in [1.29, 1.82) is 0 Å². The molecule has 4 atom stereocenters. The van der Waals surface area contributed by atoms with Crippen LogP contribution in [0.5, 0.6) is 0 Å². The molecule has 0 amide bonds. The molecule has 0 radical (unpaired) electrons. The highest BCUT2D eigenvalue weighted by atomic mass is 16.3. The zero-order chi connectivity index (χ0) is 12.0. The van der Waals surface area contributed by atoms with Crippen molar-refractivity contribution in [3.05, 3.63) is 35.4 Å². The standard InChI is InChI=1S/C14H17NO2/c1-10(12-4-2-11(8-16)3-5-12)13-6-7-14(17)9-15(13)14/h2-5,8,10,13,17H,6-7,9H2,1H3. The van der Waals surface area contributed by atoms with Gasteiger partial charge in [-0.05, 0) is 24.3 Å². The minimum atomic E-state index is -0.484. The molecule has 3 rings (SSSR count). The lowest BCUT2D eigenvalue weighted by Crippen LogP contribution is -2.23. The maximum absolute atomic E-state index is 10.6. The highest BCUT2D eigenvalue weighted by molar-refractivity contribution is 5.74. The first-order valence-electron chi connectivity index (χ1n) is 6.18. The Kier molecular flexibility index (Phi) is 2.35. The van der Waals surface area contributed by atoms with Crippen molar-refractivity contribution in [3.63, 3.8) is 0 Å². The highest BCUT2D eigenvalue weighted by Gasteiger charge is 2.59. The van der Waals surface area contributed by atoms with Crippen LogP contribution in [0.1, 0.15) is 41.6 Å². The molecule has 2 saturated heterocycles. The number of hydrogen-bond donors (Lipinski definition) is 1. The summed E-state index contributed by atoms with van der Waals surface area (Å²) in [6.07, 6.45) is 2.83. The van der Waals surface area contributed by atoms with Crippen LogP contribution in [0.3, 0.4) is 0 Å². The van der Waals surface area contributed by atoms with E-state index in [1.165, 1.54) is 5.56 Å². The molecule has 2 aliphatic heterocycles. The summed E-state index contributed by atoms with van der Waals surface area (Å²) < 4.78 is 0. The third kappa shape index (κ3) is 1.70. The van der Waals surface area contributed by atoms with Crippen LogP contribution >= 0.6 is 0 Å². The van der Waals surface area contributed by atoms with Gasteiger partial charge >= 0.3 is 0 Å². The lowest BCUT2D eigenvalue weighted by atomic mass is 9.91. The maximum atomic E-state index is 10.6. The van der Waals surface area contributed by atoms with E-state index in [1.807, 2.05) is 24.3 Å². The summed E-state index contributed by atoms with van der Waals surface area (Å²) in [4.78, 5) is 12.8. The van der Waals surface area contributed by atoms with Gasteiger partial charge in [0.25, 0.3) is 0 Å². The molecule has 1 N–H and O–H groups in total. The van der Waals surface area contributed by atoms with Crippen LogP contribution in [-0.2, 0) is 0 Å². The van der Waals surface area contributed by atoms with Crippen LogP contribution in [0.15, 0.2) is 24.3 Å². The molecule has 0 bridgehead atoms. The number of hydrogen-bond acceptors (Lipinski definition) is 3. The van der Waals surface area contributed by atoms with Gasteiger partial charge in [-0.15, -0.1) is 0 Å².